The van der Waals surface area contributed by atoms with Gasteiger partial charge in [0.1, 0.15) is 6.61 Å². The summed E-state index contributed by atoms with van der Waals surface area (Å²) in [4.78, 5) is 18.2. The van der Waals surface area contributed by atoms with E-state index >= 15 is 0 Å². The first kappa shape index (κ1) is 26.9. The van der Waals surface area contributed by atoms with E-state index < -0.39 is 11.9 Å². The summed E-state index contributed by atoms with van der Waals surface area (Å²) in [5.41, 5.74) is 4.23. The highest BCUT2D eigenvalue weighted by Crippen LogP contribution is 2.28. The maximum Gasteiger partial charge on any atom is 0.414 e. The highest BCUT2D eigenvalue weighted by atomic mass is 16.5. The van der Waals surface area contributed by atoms with Crippen LogP contribution >= 0.6 is 0 Å². The second-order valence-corrected chi connectivity index (χ2v) is 8.28. The van der Waals surface area contributed by atoms with Crippen LogP contribution in [0.5, 0.6) is 11.5 Å². The van der Waals surface area contributed by atoms with Crippen LogP contribution in [0.4, 0.5) is 0 Å². The monoisotopic (exact) mass is 469 g/mol. The van der Waals surface area contributed by atoms with Crippen molar-refractivity contribution in [1.29, 1.82) is 0 Å². The molecule has 0 radical (unpaired) electrons. The Bertz CT molecular complexity index is 942. The molecule has 0 unspecified atom stereocenters. The quantitative estimate of drug-likeness (QED) is 0.345. The van der Waals surface area contributed by atoms with E-state index in [4.69, 9.17) is 29.3 Å². The summed E-state index contributed by atoms with van der Waals surface area (Å²) in [6.07, 6.45) is 9.00. The van der Waals surface area contributed by atoms with Gasteiger partial charge >= 0.3 is 11.9 Å². The van der Waals surface area contributed by atoms with Crippen LogP contribution in [0.3, 0.4) is 0 Å². The molecular weight excluding hydrogens is 434 g/mol. The smallest absolute Gasteiger partial charge is 0.414 e. The minimum Gasteiger partial charge on any atom is -0.488 e. The molecular formula is C27H35NO6. The van der Waals surface area contributed by atoms with Gasteiger partial charge in [0.15, 0.2) is 11.5 Å². The number of aliphatic carboxylic acids is 2. The largest absolute Gasteiger partial charge is 0.488 e. The summed E-state index contributed by atoms with van der Waals surface area (Å²) < 4.78 is 11.7. The second kappa shape index (κ2) is 14.8. The van der Waals surface area contributed by atoms with Crippen LogP contribution in [0.1, 0.15) is 57.1 Å². The van der Waals surface area contributed by atoms with Crippen molar-refractivity contribution in [3.05, 3.63) is 65.7 Å². The molecule has 3 N–H and O–H groups in total. The van der Waals surface area contributed by atoms with Gasteiger partial charge in [-0.25, -0.2) is 9.59 Å². The zero-order valence-corrected chi connectivity index (χ0v) is 20.0. The van der Waals surface area contributed by atoms with E-state index in [0.717, 1.165) is 24.6 Å². The summed E-state index contributed by atoms with van der Waals surface area (Å²) in [6, 6.07) is 16.8. The lowest BCUT2D eigenvalue weighted by Crippen LogP contribution is -2.21. The molecule has 0 fully saturated rings. The minimum atomic E-state index is -1.82. The molecule has 1 aliphatic carbocycles. The molecule has 184 valence electrons. The van der Waals surface area contributed by atoms with Crippen molar-refractivity contribution >= 4 is 17.5 Å². The number of rotatable bonds is 9. The Balaban J connectivity index is 0.000000604. The van der Waals surface area contributed by atoms with Gasteiger partial charge in [-0.05, 0) is 68.4 Å². The summed E-state index contributed by atoms with van der Waals surface area (Å²) in [5.74, 6) is -2.04. The SMILES string of the molecule is CC(C)Oc1ccccc1OCCNCc1cccc(C2=CCCCCC2)c1.O=C(O)C(=O)O. The molecule has 7 heteroatoms. The zero-order valence-electron chi connectivity index (χ0n) is 20.0. The Morgan fingerprint density at radius 3 is 2.41 bits per heavy atom. The minimum absolute atomic E-state index is 0.138. The predicted molar refractivity (Wildman–Crippen MR) is 132 cm³/mol. The molecule has 0 saturated heterocycles. The average molecular weight is 470 g/mol. The van der Waals surface area contributed by atoms with Crippen LogP contribution < -0.4 is 14.8 Å². The third kappa shape index (κ3) is 10.1. The first-order chi connectivity index (χ1) is 16.4. The van der Waals surface area contributed by atoms with E-state index in [-0.39, 0.29) is 6.10 Å². The number of benzene rings is 2. The van der Waals surface area contributed by atoms with Crippen LogP contribution in [0, 0.1) is 0 Å². The van der Waals surface area contributed by atoms with E-state index in [1.165, 1.54) is 48.8 Å². The predicted octanol–water partition coefficient (Wildman–Crippen LogP) is 5.15. The van der Waals surface area contributed by atoms with Gasteiger partial charge in [0.05, 0.1) is 6.10 Å². The molecule has 7 nitrogen and oxygen atoms in total. The van der Waals surface area contributed by atoms with Crippen molar-refractivity contribution in [2.75, 3.05) is 13.2 Å². The molecule has 0 aromatic heterocycles. The van der Waals surface area contributed by atoms with Gasteiger partial charge in [-0.2, -0.15) is 0 Å². The molecule has 34 heavy (non-hydrogen) atoms. The Morgan fingerprint density at radius 2 is 1.71 bits per heavy atom. The van der Waals surface area contributed by atoms with E-state index in [1.807, 2.05) is 38.1 Å². The fraction of sp³-hybridized carbons (Fsp3) is 0.407. The lowest BCUT2D eigenvalue weighted by atomic mass is 9.99. The first-order valence-corrected chi connectivity index (χ1v) is 11.7. The van der Waals surface area contributed by atoms with E-state index in [0.29, 0.717) is 6.61 Å². The number of ether oxygens (including phenoxy) is 2. The molecule has 0 amide bonds. The molecule has 3 rings (SSSR count). The van der Waals surface area contributed by atoms with E-state index in [2.05, 4.69) is 35.7 Å². The van der Waals surface area contributed by atoms with E-state index in [1.54, 1.807) is 0 Å². The third-order valence-electron chi connectivity index (χ3n) is 5.10. The number of hydrogen-bond acceptors (Lipinski definition) is 5. The number of carboxylic acids is 2. The number of carbonyl (C=O) groups is 2. The fourth-order valence-electron chi connectivity index (χ4n) is 3.54. The van der Waals surface area contributed by atoms with Gasteiger partial charge in [0, 0.05) is 13.1 Å². The van der Waals surface area contributed by atoms with Gasteiger partial charge in [-0.3, -0.25) is 0 Å². The molecule has 0 aliphatic heterocycles. The van der Waals surface area contributed by atoms with Crippen molar-refractivity contribution in [3.63, 3.8) is 0 Å². The van der Waals surface area contributed by atoms with E-state index in [9.17, 15) is 0 Å². The first-order valence-electron chi connectivity index (χ1n) is 11.7. The summed E-state index contributed by atoms with van der Waals surface area (Å²) >= 11 is 0. The Labute approximate surface area is 201 Å². The number of nitrogens with one attached hydrogen (secondary N) is 1. The number of carboxylic acid groups (broad SMARTS) is 2. The maximum absolute atomic E-state index is 9.10. The third-order valence-corrected chi connectivity index (χ3v) is 5.10. The molecule has 1 aliphatic rings. The highest BCUT2D eigenvalue weighted by Gasteiger charge is 2.07. The summed E-state index contributed by atoms with van der Waals surface area (Å²) in [7, 11) is 0. The standard InChI is InChI=1S/C25H33NO2.C2H2O4/c1-20(2)28-25-15-8-7-14-24(25)27-17-16-26-19-21-10-9-13-23(18-21)22-11-5-3-4-6-12-22;3-1(4)2(5)6/h7-11,13-15,18,20,26H,3-6,12,16-17,19H2,1-2H3;(H,3,4)(H,5,6). The van der Waals surface area contributed by atoms with Gasteiger partial charge < -0.3 is 25.0 Å². The molecule has 0 bridgehead atoms. The normalized spacial score (nSPS) is 13.2. The number of hydrogen-bond donors (Lipinski definition) is 3. The van der Waals surface area contributed by atoms with Crippen molar-refractivity contribution in [2.24, 2.45) is 0 Å². The molecule has 0 atom stereocenters. The lowest BCUT2D eigenvalue weighted by Gasteiger charge is -2.15. The number of para-hydroxylation sites is 2. The fourth-order valence-corrected chi connectivity index (χ4v) is 3.54. The van der Waals surface area contributed by atoms with Gasteiger partial charge in [0.25, 0.3) is 0 Å². The van der Waals surface area contributed by atoms with Crippen LogP contribution in [0.25, 0.3) is 5.57 Å². The maximum atomic E-state index is 9.10. The Kier molecular flexibility index (Phi) is 11.7. The van der Waals surface area contributed by atoms with Crippen molar-refractivity contribution in [2.45, 2.75) is 58.6 Å². The van der Waals surface area contributed by atoms with Crippen molar-refractivity contribution < 1.29 is 29.3 Å². The van der Waals surface area contributed by atoms with Crippen LogP contribution in [0.2, 0.25) is 0 Å². The molecule has 0 heterocycles. The second-order valence-electron chi connectivity index (χ2n) is 8.28. The van der Waals surface area contributed by atoms with Gasteiger partial charge in [-0.1, -0.05) is 48.9 Å². The van der Waals surface area contributed by atoms with Crippen LogP contribution in [0.15, 0.2) is 54.6 Å². The number of allylic oxidation sites excluding steroid dienone is 2. The molecule has 2 aromatic carbocycles. The molecule has 0 saturated carbocycles. The highest BCUT2D eigenvalue weighted by molar-refractivity contribution is 6.27. The Hall–Kier alpha value is -3.32. The van der Waals surface area contributed by atoms with Gasteiger partial charge in [0.2, 0.25) is 0 Å². The van der Waals surface area contributed by atoms with Gasteiger partial charge in [-0.15, -0.1) is 0 Å². The summed E-state index contributed by atoms with van der Waals surface area (Å²) in [6.45, 7) is 6.32. The molecule has 0 spiro atoms. The average Bonchev–Trinajstić information content (AvgIpc) is 3.10. The van der Waals surface area contributed by atoms with Crippen LogP contribution in [-0.4, -0.2) is 41.4 Å². The van der Waals surface area contributed by atoms with Crippen molar-refractivity contribution in [3.8, 4) is 11.5 Å². The molecule has 2 aromatic rings. The topological polar surface area (TPSA) is 105 Å². The Morgan fingerprint density at radius 1 is 0.971 bits per heavy atom. The van der Waals surface area contributed by atoms with Crippen LogP contribution in [-0.2, 0) is 16.1 Å². The summed E-state index contributed by atoms with van der Waals surface area (Å²) in [5, 5.41) is 18.3. The zero-order chi connectivity index (χ0) is 24.8. The lowest BCUT2D eigenvalue weighted by molar-refractivity contribution is -0.159. The van der Waals surface area contributed by atoms with Crippen molar-refractivity contribution in [1.82, 2.24) is 5.32 Å².